The fourth-order valence-electron chi connectivity index (χ4n) is 1.62. The highest BCUT2D eigenvalue weighted by atomic mass is 16.6. The predicted molar refractivity (Wildman–Crippen MR) is 74.2 cm³/mol. The summed E-state index contributed by atoms with van der Waals surface area (Å²) in [5.41, 5.74) is 1.48. The standard InChI is InChI=1S/C13H14N4O3/c1-8-6-10(17(18)19)4-5-11(8)20-12-9(2)7-15-13(14-3)16-12/h4-7H,1-3H3,(H,14,15,16). The molecule has 20 heavy (non-hydrogen) atoms. The molecule has 0 aliphatic rings. The lowest BCUT2D eigenvalue weighted by atomic mass is 10.2. The van der Waals surface area contributed by atoms with E-state index in [0.29, 0.717) is 23.1 Å². The molecule has 104 valence electrons. The van der Waals surface area contributed by atoms with Crippen molar-refractivity contribution in [2.24, 2.45) is 0 Å². The van der Waals surface area contributed by atoms with Gasteiger partial charge in [0.1, 0.15) is 5.75 Å². The van der Waals surface area contributed by atoms with E-state index in [2.05, 4.69) is 15.3 Å². The van der Waals surface area contributed by atoms with Crippen LogP contribution in [0.4, 0.5) is 11.6 Å². The van der Waals surface area contributed by atoms with Crippen molar-refractivity contribution in [3.05, 3.63) is 45.6 Å². The summed E-state index contributed by atoms with van der Waals surface area (Å²) in [7, 11) is 1.71. The number of nitrogens with one attached hydrogen (secondary N) is 1. The number of ether oxygens (including phenoxy) is 1. The molecule has 1 aromatic carbocycles. The number of anilines is 1. The van der Waals surface area contributed by atoms with Crippen LogP contribution >= 0.6 is 0 Å². The third-order valence-electron chi connectivity index (χ3n) is 2.72. The van der Waals surface area contributed by atoms with Gasteiger partial charge in [-0.1, -0.05) is 0 Å². The summed E-state index contributed by atoms with van der Waals surface area (Å²) in [6, 6.07) is 4.43. The van der Waals surface area contributed by atoms with E-state index in [-0.39, 0.29) is 5.69 Å². The lowest BCUT2D eigenvalue weighted by Crippen LogP contribution is -2.00. The van der Waals surface area contributed by atoms with E-state index in [1.807, 2.05) is 6.92 Å². The predicted octanol–water partition coefficient (Wildman–Crippen LogP) is 2.84. The molecule has 0 bridgehead atoms. The Kier molecular flexibility index (Phi) is 3.79. The van der Waals surface area contributed by atoms with Crippen molar-refractivity contribution in [3.63, 3.8) is 0 Å². The number of hydrogen-bond donors (Lipinski definition) is 1. The van der Waals surface area contributed by atoms with Gasteiger partial charge in [-0.05, 0) is 25.5 Å². The van der Waals surface area contributed by atoms with Crippen LogP contribution < -0.4 is 10.1 Å². The van der Waals surface area contributed by atoms with Crippen molar-refractivity contribution < 1.29 is 9.66 Å². The normalized spacial score (nSPS) is 10.2. The quantitative estimate of drug-likeness (QED) is 0.681. The Morgan fingerprint density at radius 1 is 1.30 bits per heavy atom. The molecule has 1 heterocycles. The van der Waals surface area contributed by atoms with E-state index in [4.69, 9.17) is 4.74 Å². The molecule has 2 rings (SSSR count). The SMILES string of the molecule is CNc1ncc(C)c(Oc2ccc([N+](=O)[O-])cc2C)n1. The molecule has 2 aromatic rings. The second-order valence-corrected chi connectivity index (χ2v) is 4.24. The zero-order valence-corrected chi connectivity index (χ0v) is 11.4. The summed E-state index contributed by atoms with van der Waals surface area (Å²) in [5.74, 6) is 1.39. The third kappa shape index (κ3) is 2.82. The van der Waals surface area contributed by atoms with Crippen LogP contribution in [0.3, 0.4) is 0 Å². The first-order valence-corrected chi connectivity index (χ1v) is 5.95. The molecule has 0 amide bonds. The van der Waals surface area contributed by atoms with Crippen LogP contribution in [0.1, 0.15) is 11.1 Å². The van der Waals surface area contributed by atoms with E-state index in [1.165, 1.54) is 12.1 Å². The first kappa shape index (κ1) is 13.7. The topological polar surface area (TPSA) is 90.2 Å². The maximum Gasteiger partial charge on any atom is 0.269 e. The molecule has 0 saturated carbocycles. The van der Waals surface area contributed by atoms with Crippen molar-refractivity contribution in [1.29, 1.82) is 0 Å². The number of aryl methyl sites for hydroxylation is 2. The molecule has 0 radical (unpaired) electrons. The highest BCUT2D eigenvalue weighted by molar-refractivity contribution is 5.45. The number of nitro benzene ring substituents is 1. The molecule has 0 unspecified atom stereocenters. The first-order chi connectivity index (χ1) is 9.51. The molecule has 0 aliphatic heterocycles. The molecule has 0 fully saturated rings. The van der Waals surface area contributed by atoms with Crippen LogP contribution in [0, 0.1) is 24.0 Å². The monoisotopic (exact) mass is 274 g/mol. The lowest BCUT2D eigenvalue weighted by Gasteiger charge is -2.10. The second-order valence-electron chi connectivity index (χ2n) is 4.24. The van der Waals surface area contributed by atoms with Crippen LogP contribution in [-0.4, -0.2) is 21.9 Å². The largest absolute Gasteiger partial charge is 0.438 e. The Labute approximate surface area is 115 Å². The summed E-state index contributed by atoms with van der Waals surface area (Å²) in [6.07, 6.45) is 1.65. The van der Waals surface area contributed by atoms with Gasteiger partial charge in [0, 0.05) is 30.9 Å². The van der Waals surface area contributed by atoms with Gasteiger partial charge in [-0.2, -0.15) is 4.98 Å². The number of non-ortho nitro benzene ring substituents is 1. The molecular weight excluding hydrogens is 260 g/mol. The fourth-order valence-corrected chi connectivity index (χ4v) is 1.62. The van der Waals surface area contributed by atoms with Crippen LogP contribution in [0.25, 0.3) is 0 Å². The average molecular weight is 274 g/mol. The average Bonchev–Trinajstić information content (AvgIpc) is 2.43. The Morgan fingerprint density at radius 2 is 2.05 bits per heavy atom. The number of rotatable bonds is 4. The van der Waals surface area contributed by atoms with Crippen molar-refractivity contribution >= 4 is 11.6 Å². The minimum Gasteiger partial charge on any atom is -0.438 e. The summed E-state index contributed by atoms with van der Waals surface area (Å²) >= 11 is 0. The van der Waals surface area contributed by atoms with Crippen molar-refractivity contribution in [1.82, 2.24) is 9.97 Å². The fraction of sp³-hybridized carbons (Fsp3) is 0.231. The maximum atomic E-state index is 10.7. The van der Waals surface area contributed by atoms with Crippen LogP contribution in [-0.2, 0) is 0 Å². The Hall–Kier alpha value is -2.70. The number of benzene rings is 1. The molecule has 0 aliphatic carbocycles. The van der Waals surface area contributed by atoms with Gasteiger partial charge in [-0.15, -0.1) is 0 Å². The summed E-state index contributed by atoms with van der Waals surface area (Å²) in [4.78, 5) is 18.5. The van der Waals surface area contributed by atoms with Crippen LogP contribution in [0.5, 0.6) is 11.6 Å². The smallest absolute Gasteiger partial charge is 0.269 e. The third-order valence-corrected chi connectivity index (χ3v) is 2.72. The lowest BCUT2D eigenvalue weighted by molar-refractivity contribution is -0.384. The molecule has 7 nitrogen and oxygen atoms in total. The van der Waals surface area contributed by atoms with Gasteiger partial charge < -0.3 is 10.1 Å². The number of aromatic nitrogens is 2. The Balaban J connectivity index is 2.32. The molecule has 0 atom stereocenters. The van der Waals surface area contributed by atoms with Crippen molar-refractivity contribution in [2.45, 2.75) is 13.8 Å². The van der Waals surface area contributed by atoms with Crippen molar-refractivity contribution in [2.75, 3.05) is 12.4 Å². The molecule has 0 spiro atoms. The van der Waals surface area contributed by atoms with Crippen LogP contribution in [0.15, 0.2) is 24.4 Å². The highest BCUT2D eigenvalue weighted by Gasteiger charge is 2.11. The van der Waals surface area contributed by atoms with Gasteiger partial charge in [0.25, 0.3) is 5.69 Å². The van der Waals surface area contributed by atoms with Gasteiger partial charge in [0.15, 0.2) is 0 Å². The van der Waals surface area contributed by atoms with E-state index in [9.17, 15) is 10.1 Å². The van der Waals surface area contributed by atoms with E-state index in [0.717, 1.165) is 5.56 Å². The summed E-state index contributed by atoms with van der Waals surface area (Å²) in [6.45, 7) is 3.58. The number of hydrogen-bond acceptors (Lipinski definition) is 6. The van der Waals surface area contributed by atoms with E-state index in [1.54, 1.807) is 26.2 Å². The molecule has 0 saturated heterocycles. The minimum absolute atomic E-state index is 0.0326. The van der Waals surface area contributed by atoms with E-state index >= 15 is 0 Å². The zero-order chi connectivity index (χ0) is 14.7. The number of nitro groups is 1. The van der Waals surface area contributed by atoms with Crippen molar-refractivity contribution in [3.8, 4) is 11.6 Å². The summed E-state index contributed by atoms with van der Waals surface area (Å²) < 4.78 is 5.70. The highest BCUT2D eigenvalue weighted by Crippen LogP contribution is 2.28. The Morgan fingerprint density at radius 3 is 2.65 bits per heavy atom. The van der Waals surface area contributed by atoms with Gasteiger partial charge in [0.2, 0.25) is 11.8 Å². The van der Waals surface area contributed by atoms with Gasteiger partial charge in [0.05, 0.1) is 4.92 Å². The summed E-state index contributed by atoms with van der Waals surface area (Å²) in [5, 5.41) is 13.5. The number of nitrogens with zero attached hydrogens (tertiary/aromatic N) is 3. The molecule has 7 heteroatoms. The van der Waals surface area contributed by atoms with E-state index < -0.39 is 4.92 Å². The second kappa shape index (κ2) is 5.52. The maximum absolute atomic E-state index is 10.7. The van der Waals surface area contributed by atoms with Gasteiger partial charge >= 0.3 is 0 Å². The zero-order valence-electron chi connectivity index (χ0n) is 11.4. The molecule has 1 N–H and O–H groups in total. The van der Waals surface area contributed by atoms with Gasteiger partial charge in [-0.25, -0.2) is 4.98 Å². The molecular formula is C13H14N4O3. The Bertz CT molecular complexity index is 658. The van der Waals surface area contributed by atoms with Gasteiger partial charge in [-0.3, -0.25) is 10.1 Å². The molecule has 1 aromatic heterocycles. The van der Waals surface area contributed by atoms with Crippen LogP contribution in [0.2, 0.25) is 0 Å². The minimum atomic E-state index is -0.439. The first-order valence-electron chi connectivity index (χ1n) is 5.95.